The van der Waals surface area contributed by atoms with E-state index in [9.17, 15) is 4.79 Å². The van der Waals surface area contributed by atoms with Crippen LogP contribution >= 0.6 is 23.2 Å². The van der Waals surface area contributed by atoms with Gasteiger partial charge in [-0.3, -0.25) is 4.79 Å². The number of anilines is 1. The Morgan fingerprint density at radius 1 is 1.23 bits per heavy atom. The average Bonchev–Trinajstić information content (AvgIpc) is 3.49. The fraction of sp³-hybridized carbons (Fsp3) is 0.316. The number of hydrogen-bond acceptors (Lipinski definition) is 6. The van der Waals surface area contributed by atoms with Gasteiger partial charge in [-0.1, -0.05) is 34.5 Å². The van der Waals surface area contributed by atoms with E-state index in [1.165, 1.54) is 0 Å². The fourth-order valence-electron chi connectivity index (χ4n) is 4.22. The highest BCUT2D eigenvalue weighted by Crippen LogP contribution is 2.40. The zero-order chi connectivity index (χ0) is 20.8. The van der Waals surface area contributed by atoms with Crippen molar-refractivity contribution in [3.8, 4) is 0 Å². The number of nitrogens with one attached hydrogen (secondary N) is 2. The number of allylic oxidation sites excluding steroid dienone is 1. The number of benzene rings is 1. The van der Waals surface area contributed by atoms with Crippen LogP contribution in [0.25, 0.3) is 0 Å². The van der Waals surface area contributed by atoms with Gasteiger partial charge in [0.15, 0.2) is 5.82 Å². The number of aromatic nitrogens is 6. The monoisotopic (exact) mass is 444 g/mol. The number of aromatic amines is 1. The summed E-state index contributed by atoms with van der Waals surface area (Å²) in [6, 6.07) is 6.60. The molecule has 154 valence electrons. The lowest BCUT2D eigenvalue weighted by molar-refractivity contribution is -0.128. The fourth-order valence-corrected chi connectivity index (χ4v) is 4.52. The molecule has 0 saturated carbocycles. The number of carbonyl (C=O) groups is 1. The van der Waals surface area contributed by atoms with Gasteiger partial charge in [-0.25, -0.2) is 4.68 Å². The minimum atomic E-state index is -0.440. The Labute approximate surface area is 182 Å². The summed E-state index contributed by atoms with van der Waals surface area (Å²) < 4.78 is 1.79. The number of amides is 1. The molecule has 0 aliphatic carbocycles. The maximum atomic E-state index is 13.8. The maximum Gasteiger partial charge on any atom is 0.254 e. The van der Waals surface area contributed by atoms with Crippen LogP contribution in [0.5, 0.6) is 0 Å². The van der Waals surface area contributed by atoms with Crippen molar-refractivity contribution in [1.82, 2.24) is 35.3 Å². The highest BCUT2D eigenvalue weighted by Gasteiger charge is 2.40. The Balaban J connectivity index is 1.59. The Hall–Kier alpha value is -2.91. The zero-order valence-corrected chi connectivity index (χ0v) is 17.5. The summed E-state index contributed by atoms with van der Waals surface area (Å²) in [5.74, 6) is 1.23. The van der Waals surface area contributed by atoms with Gasteiger partial charge < -0.3 is 10.2 Å². The average molecular weight is 445 g/mol. The summed E-state index contributed by atoms with van der Waals surface area (Å²) >= 11 is 12.4. The molecular formula is C19H18Cl2N8O. The van der Waals surface area contributed by atoms with Gasteiger partial charge in [0, 0.05) is 18.3 Å². The summed E-state index contributed by atoms with van der Waals surface area (Å²) in [6.45, 7) is 2.52. The Bertz CT molecular complexity index is 1140. The number of rotatable bonds is 3. The van der Waals surface area contributed by atoms with Gasteiger partial charge in [-0.15, -0.1) is 10.2 Å². The molecule has 9 nitrogen and oxygen atoms in total. The summed E-state index contributed by atoms with van der Waals surface area (Å²) in [7, 11) is 0. The van der Waals surface area contributed by atoms with Crippen LogP contribution in [0.1, 0.15) is 43.2 Å². The Kier molecular flexibility index (Phi) is 4.71. The van der Waals surface area contributed by atoms with Crippen molar-refractivity contribution in [2.24, 2.45) is 0 Å². The van der Waals surface area contributed by atoms with E-state index in [1.807, 2.05) is 24.0 Å². The van der Waals surface area contributed by atoms with E-state index in [0.717, 1.165) is 29.9 Å². The number of H-pyrrole nitrogens is 1. The lowest BCUT2D eigenvalue weighted by Crippen LogP contribution is -2.38. The van der Waals surface area contributed by atoms with Crippen molar-refractivity contribution in [3.05, 3.63) is 63.2 Å². The second-order valence-electron chi connectivity index (χ2n) is 7.33. The first-order chi connectivity index (χ1) is 14.5. The summed E-state index contributed by atoms with van der Waals surface area (Å²) in [5, 5.41) is 23.0. The molecule has 1 unspecified atom stereocenters. The van der Waals surface area contributed by atoms with E-state index < -0.39 is 6.04 Å². The van der Waals surface area contributed by atoms with Crippen LogP contribution < -0.4 is 5.32 Å². The molecule has 0 bridgehead atoms. The molecule has 3 aromatic rings. The van der Waals surface area contributed by atoms with E-state index in [1.54, 1.807) is 23.0 Å². The van der Waals surface area contributed by atoms with Gasteiger partial charge in [0.25, 0.3) is 5.91 Å². The van der Waals surface area contributed by atoms with Crippen molar-refractivity contribution in [2.75, 3.05) is 11.9 Å². The number of carbonyl (C=O) groups excluding carboxylic acids is 1. The molecule has 0 spiro atoms. The third-order valence-corrected chi connectivity index (χ3v) is 6.31. The number of nitrogens with zero attached hydrogens (tertiary/aromatic N) is 6. The standard InChI is InChI=1S/C19H18Cl2N8O/c1-10-16(19(30)28-8-2-3-14(28)18-24-26-27-25-18)17(29-15(23-10)6-7-22-29)11-4-5-12(20)13(21)9-11/h4-7,9,14,17,23H,2-3,8H2,1H3,(H,24,25,26,27)/t14-,17?/m0/s1. The summed E-state index contributed by atoms with van der Waals surface area (Å²) in [5.41, 5.74) is 2.19. The molecule has 2 aliphatic rings. The molecule has 1 fully saturated rings. The molecule has 2 N–H and O–H groups in total. The van der Waals surface area contributed by atoms with Gasteiger partial charge in [0.05, 0.1) is 27.9 Å². The van der Waals surface area contributed by atoms with Crippen LogP contribution in [-0.2, 0) is 4.79 Å². The van der Waals surface area contributed by atoms with Gasteiger partial charge in [0.2, 0.25) is 0 Å². The van der Waals surface area contributed by atoms with Gasteiger partial charge >= 0.3 is 0 Å². The molecule has 2 aromatic heterocycles. The third kappa shape index (κ3) is 3.05. The smallest absolute Gasteiger partial charge is 0.254 e. The minimum Gasteiger partial charge on any atom is -0.344 e. The SMILES string of the molecule is CC1=C(C(=O)N2CCC[C@H]2c2nn[nH]n2)C(c2ccc(Cl)c(Cl)c2)n2nccc2N1. The van der Waals surface area contributed by atoms with Crippen LogP contribution in [0.2, 0.25) is 10.0 Å². The molecule has 2 atom stereocenters. The van der Waals surface area contributed by atoms with Gasteiger partial charge in [0.1, 0.15) is 11.9 Å². The highest BCUT2D eigenvalue weighted by molar-refractivity contribution is 6.42. The lowest BCUT2D eigenvalue weighted by Gasteiger charge is -2.33. The Morgan fingerprint density at radius 2 is 2.10 bits per heavy atom. The second-order valence-corrected chi connectivity index (χ2v) is 8.14. The second kappa shape index (κ2) is 7.41. The molecule has 11 heteroatoms. The van der Waals surface area contributed by atoms with Crippen LogP contribution in [0, 0.1) is 0 Å². The predicted molar refractivity (Wildman–Crippen MR) is 111 cm³/mol. The molecule has 1 aromatic carbocycles. The van der Waals surface area contributed by atoms with E-state index >= 15 is 0 Å². The molecule has 1 amide bonds. The van der Waals surface area contributed by atoms with Crippen molar-refractivity contribution >= 4 is 34.9 Å². The van der Waals surface area contributed by atoms with Gasteiger partial charge in [-0.2, -0.15) is 10.3 Å². The van der Waals surface area contributed by atoms with Gasteiger partial charge in [-0.05, 0) is 37.5 Å². The first-order valence-electron chi connectivity index (χ1n) is 9.55. The van der Waals surface area contributed by atoms with Crippen LogP contribution in [0.4, 0.5) is 5.82 Å². The highest BCUT2D eigenvalue weighted by atomic mass is 35.5. The number of likely N-dealkylation sites (tertiary alicyclic amines) is 1. The number of hydrogen-bond donors (Lipinski definition) is 2. The number of fused-ring (bicyclic) bond motifs is 1. The number of tetrazole rings is 1. The summed E-state index contributed by atoms with van der Waals surface area (Å²) in [6.07, 6.45) is 3.36. The van der Waals surface area contributed by atoms with E-state index in [2.05, 4.69) is 31.0 Å². The van der Waals surface area contributed by atoms with E-state index in [4.69, 9.17) is 23.2 Å². The summed E-state index contributed by atoms with van der Waals surface area (Å²) in [4.78, 5) is 15.6. The molecule has 4 heterocycles. The molecule has 5 rings (SSSR count). The maximum absolute atomic E-state index is 13.8. The molecule has 2 aliphatic heterocycles. The molecule has 30 heavy (non-hydrogen) atoms. The predicted octanol–water partition coefficient (Wildman–Crippen LogP) is 3.36. The van der Waals surface area contributed by atoms with Crippen LogP contribution in [-0.4, -0.2) is 47.8 Å². The largest absolute Gasteiger partial charge is 0.344 e. The minimum absolute atomic E-state index is 0.0930. The topological polar surface area (TPSA) is 105 Å². The first kappa shape index (κ1) is 19.1. The zero-order valence-electron chi connectivity index (χ0n) is 16.0. The van der Waals surface area contributed by atoms with Crippen LogP contribution in [0.15, 0.2) is 41.7 Å². The Morgan fingerprint density at radius 3 is 2.87 bits per heavy atom. The van der Waals surface area contributed by atoms with Crippen molar-refractivity contribution < 1.29 is 4.79 Å². The van der Waals surface area contributed by atoms with Crippen molar-refractivity contribution in [2.45, 2.75) is 31.8 Å². The van der Waals surface area contributed by atoms with E-state index in [0.29, 0.717) is 28.0 Å². The third-order valence-electron chi connectivity index (χ3n) is 5.57. The van der Waals surface area contributed by atoms with Crippen molar-refractivity contribution in [1.29, 1.82) is 0 Å². The lowest BCUT2D eigenvalue weighted by atomic mass is 9.94. The van der Waals surface area contributed by atoms with Crippen LogP contribution in [0.3, 0.4) is 0 Å². The first-order valence-corrected chi connectivity index (χ1v) is 10.3. The quantitative estimate of drug-likeness (QED) is 0.641. The normalized spacial score (nSPS) is 21.0. The van der Waals surface area contributed by atoms with E-state index in [-0.39, 0.29) is 11.9 Å². The van der Waals surface area contributed by atoms with Crippen molar-refractivity contribution in [3.63, 3.8) is 0 Å². The molecule has 0 radical (unpaired) electrons. The molecule has 1 saturated heterocycles. The number of halogens is 2. The molecular weight excluding hydrogens is 427 g/mol.